The molecule has 0 unspecified atom stereocenters. The lowest BCUT2D eigenvalue weighted by Crippen LogP contribution is -1.92. The van der Waals surface area contributed by atoms with E-state index in [0.29, 0.717) is 11.8 Å². The Morgan fingerprint density at radius 3 is 1.39 bits per heavy atom. The number of rotatable bonds is 5. The molecule has 0 amide bonds. The lowest BCUT2D eigenvalue weighted by molar-refractivity contribution is 0.340. The summed E-state index contributed by atoms with van der Waals surface area (Å²) in [6.07, 6.45) is 0. The second-order valence-corrected chi connectivity index (χ2v) is 6.08. The molecule has 126 valence electrons. The summed E-state index contributed by atoms with van der Waals surface area (Å²) in [5.74, 6) is 3.08. The molecule has 0 aromatic heterocycles. The van der Waals surface area contributed by atoms with Crippen molar-refractivity contribution in [2.24, 2.45) is 0 Å². The van der Waals surface area contributed by atoms with Gasteiger partial charge in [-0.05, 0) is 54.2 Å². The molecule has 0 bridgehead atoms. The van der Waals surface area contributed by atoms with E-state index in [1.54, 1.807) is 7.11 Å². The lowest BCUT2D eigenvalue weighted by atomic mass is 10.0. The molecular weight excluding hydrogens is 284 g/mol. The van der Waals surface area contributed by atoms with Crippen LogP contribution in [0.5, 0.6) is 11.5 Å². The van der Waals surface area contributed by atoms with Gasteiger partial charge in [-0.2, -0.15) is 0 Å². The third kappa shape index (κ3) is 6.77. The van der Waals surface area contributed by atoms with Gasteiger partial charge in [-0.3, -0.25) is 0 Å². The van der Waals surface area contributed by atoms with Gasteiger partial charge in [0.2, 0.25) is 0 Å². The Bertz CT molecular complexity index is 539. The van der Waals surface area contributed by atoms with Gasteiger partial charge in [0.05, 0.1) is 13.7 Å². The monoisotopic (exact) mass is 314 g/mol. The Labute approximate surface area is 141 Å². The molecule has 0 saturated carbocycles. The molecule has 23 heavy (non-hydrogen) atoms. The Morgan fingerprint density at radius 1 is 0.696 bits per heavy atom. The first-order chi connectivity index (χ1) is 11.0. The smallest absolute Gasteiger partial charge is 0.119 e. The van der Waals surface area contributed by atoms with E-state index < -0.39 is 0 Å². The summed E-state index contributed by atoms with van der Waals surface area (Å²) in [7, 11) is 1.68. The van der Waals surface area contributed by atoms with Crippen LogP contribution in [-0.4, -0.2) is 13.7 Å². The largest absolute Gasteiger partial charge is 0.497 e. The lowest BCUT2D eigenvalue weighted by Gasteiger charge is -2.06. The number of ether oxygens (including phenoxy) is 2. The van der Waals surface area contributed by atoms with Crippen LogP contribution in [0.1, 0.15) is 57.6 Å². The molecule has 0 atom stereocenters. The Morgan fingerprint density at radius 2 is 1.09 bits per heavy atom. The third-order valence-corrected chi connectivity index (χ3v) is 3.64. The maximum absolute atomic E-state index is 5.34. The standard InChI is InChI=1S/C11H16O.C10H14O/c1-4-12-11-7-5-10(6-8-11)9(2)3;1-8(2)9-4-6-10(11-3)7-5-9/h5-9H,4H2,1-3H3;4-8H,1-3H3. The highest BCUT2D eigenvalue weighted by molar-refractivity contribution is 5.29. The van der Waals surface area contributed by atoms with E-state index in [2.05, 4.69) is 52.0 Å². The average Bonchev–Trinajstić information content (AvgIpc) is 2.56. The first kappa shape index (κ1) is 19.1. The van der Waals surface area contributed by atoms with Crippen molar-refractivity contribution in [1.29, 1.82) is 0 Å². The minimum Gasteiger partial charge on any atom is -0.497 e. The summed E-state index contributed by atoms with van der Waals surface area (Å²) < 4.78 is 10.4. The van der Waals surface area contributed by atoms with Crippen LogP contribution in [0.15, 0.2) is 48.5 Å². The molecule has 2 aromatic rings. The SMILES string of the molecule is CCOc1ccc(C(C)C)cc1.COc1ccc(C(C)C)cc1. The molecule has 0 aliphatic carbocycles. The van der Waals surface area contributed by atoms with E-state index in [-0.39, 0.29) is 0 Å². The summed E-state index contributed by atoms with van der Waals surface area (Å²) in [5.41, 5.74) is 2.71. The number of hydrogen-bond donors (Lipinski definition) is 0. The van der Waals surface area contributed by atoms with E-state index in [1.807, 2.05) is 31.2 Å². The fraction of sp³-hybridized carbons (Fsp3) is 0.429. The van der Waals surface area contributed by atoms with Crippen LogP contribution in [-0.2, 0) is 0 Å². The fourth-order valence-corrected chi connectivity index (χ4v) is 2.10. The normalized spacial score (nSPS) is 10.3. The number of methoxy groups -OCH3 is 1. The molecule has 0 aliphatic heterocycles. The van der Waals surface area contributed by atoms with Gasteiger partial charge >= 0.3 is 0 Å². The molecule has 0 saturated heterocycles. The molecule has 0 aliphatic rings. The van der Waals surface area contributed by atoms with Gasteiger partial charge in [0.1, 0.15) is 11.5 Å². The summed E-state index contributed by atoms with van der Waals surface area (Å²) in [4.78, 5) is 0. The van der Waals surface area contributed by atoms with Crippen molar-refractivity contribution in [3.8, 4) is 11.5 Å². The average molecular weight is 314 g/mol. The second-order valence-electron chi connectivity index (χ2n) is 6.08. The van der Waals surface area contributed by atoms with Crippen LogP contribution in [0.2, 0.25) is 0 Å². The Balaban J connectivity index is 0.000000231. The molecule has 2 rings (SSSR count). The molecule has 0 spiro atoms. The second kappa shape index (κ2) is 9.94. The zero-order valence-corrected chi connectivity index (χ0v) is 15.3. The van der Waals surface area contributed by atoms with Crippen molar-refractivity contribution < 1.29 is 9.47 Å². The maximum atomic E-state index is 5.34. The fourth-order valence-electron chi connectivity index (χ4n) is 2.10. The quantitative estimate of drug-likeness (QED) is 0.671. The van der Waals surface area contributed by atoms with Crippen LogP contribution < -0.4 is 9.47 Å². The van der Waals surface area contributed by atoms with E-state index in [0.717, 1.165) is 18.1 Å². The topological polar surface area (TPSA) is 18.5 Å². The van der Waals surface area contributed by atoms with Crippen molar-refractivity contribution in [2.75, 3.05) is 13.7 Å². The maximum Gasteiger partial charge on any atom is 0.119 e. The van der Waals surface area contributed by atoms with E-state index in [1.165, 1.54) is 11.1 Å². The minimum absolute atomic E-state index is 0.598. The molecule has 2 heteroatoms. The summed E-state index contributed by atoms with van der Waals surface area (Å²) in [6, 6.07) is 16.5. The highest BCUT2D eigenvalue weighted by atomic mass is 16.5. The first-order valence-electron chi connectivity index (χ1n) is 8.34. The van der Waals surface area contributed by atoms with Crippen LogP contribution in [0, 0.1) is 0 Å². The molecule has 2 aromatic carbocycles. The molecule has 0 radical (unpaired) electrons. The predicted molar refractivity (Wildman–Crippen MR) is 98.8 cm³/mol. The van der Waals surface area contributed by atoms with Gasteiger partial charge in [-0.15, -0.1) is 0 Å². The van der Waals surface area contributed by atoms with Crippen molar-refractivity contribution in [3.63, 3.8) is 0 Å². The van der Waals surface area contributed by atoms with Crippen LogP contribution >= 0.6 is 0 Å². The number of hydrogen-bond acceptors (Lipinski definition) is 2. The van der Waals surface area contributed by atoms with Gasteiger partial charge in [0.25, 0.3) is 0 Å². The zero-order chi connectivity index (χ0) is 17.2. The van der Waals surface area contributed by atoms with Crippen LogP contribution in [0.4, 0.5) is 0 Å². The highest BCUT2D eigenvalue weighted by Gasteiger charge is 1.98. The third-order valence-electron chi connectivity index (χ3n) is 3.64. The first-order valence-corrected chi connectivity index (χ1v) is 8.34. The van der Waals surface area contributed by atoms with Crippen LogP contribution in [0.3, 0.4) is 0 Å². The summed E-state index contributed by atoms with van der Waals surface area (Å²) >= 11 is 0. The van der Waals surface area contributed by atoms with Crippen molar-refractivity contribution in [2.45, 2.75) is 46.5 Å². The van der Waals surface area contributed by atoms with E-state index in [4.69, 9.17) is 9.47 Å². The van der Waals surface area contributed by atoms with Gasteiger partial charge in [-0.1, -0.05) is 52.0 Å². The van der Waals surface area contributed by atoms with Gasteiger partial charge in [0, 0.05) is 0 Å². The minimum atomic E-state index is 0.598. The van der Waals surface area contributed by atoms with Crippen molar-refractivity contribution in [3.05, 3.63) is 59.7 Å². The Hall–Kier alpha value is -1.96. The highest BCUT2D eigenvalue weighted by Crippen LogP contribution is 2.18. The summed E-state index contributed by atoms with van der Waals surface area (Å²) in [5, 5.41) is 0. The van der Waals surface area contributed by atoms with Crippen molar-refractivity contribution in [1.82, 2.24) is 0 Å². The van der Waals surface area contributed by atoms with E-state index in [9.17, 15) is 0 Å². The van der Waals surface area contributed by atoms with Crippen LogP contribution in [0.25, 0.3) is 0 Å². The Kier molecular flexibility index (Phi) is 8.25. The molecular formula is C21H30O2. The molecule has 0 fully saturated rings. The van der Waals surface area contributed by atoms with Gasteiger partial charge < -0.3 is 9.47 Å². The predicted octanol–water partition coefficient (Wildman–Crippen LogP) is 6.03. The molecule has 0 N–H and O–H groups in total. The van der Waals surface area contributed by atoms with E-state index >= 15 is 0 Å². The summed E-state index contributed by atoms with van der Waals surface area (Å²) in [6.45, 7) is 11.5. The van der Waals surface area contributed by atoms with Gasteiger partial charge in [0.15, 0.2) is 0 Å². The zero-order valence-electron chi connectivity index (χ0n) is 15.3. The number of benzene rings is 2. The molecule has 0 heterocycles. The van der Waals surface area contributed by atoms with Gasteiger partial charge in [-0.25, -0.2) is 0 Å². The van der Waals surface area contributed by atoms with Crippen molar-refractivity contribution >= 4 is 0 Å². The molecule has 2 nitrogen and oxygen atoms in total.